The quantitative estimate of drug-likeness (QED) is 0.357. The zero-order chi connectivity index (χ0) is 26.5. The van der Waals surface area contributed by atoms with Gasteiger partial charge in [0.1, 0.15) is 30.0 Å². The standard InChI is InChI=1S/C25H20F6O5/c1-15(35-20-11-7-17(8-12-20)24(26,27)28)14-34-19-9-5-16(6-10-19)22(23(32)33)36-21-4-2-3-18(13-21)25(29,30)31/h2-13,15,22H,14H2,1H3,(H,32,33)/p-1. The lowest BCUT2D eigenvalue weighted by molar-refractivity contribution is -0.314. The number of benzene rings is 3. The lowest BCUT2D eigenvalue weighted by Crippen LogP contribution is -2.33. The molecule has 0 aliphatic heterocycles. The van der Waals surface area contributed by atoms with Gasteiger partial charge in [0.15, 0.2) is 6.10 Å². The minimum absolute atomic E-state index is 0.0189. The van der Waals surface area contributed by atoms with E-state index in [2.05, 4.69) is 0 Å². The fourth-order valence-corrected chi connectivity index (χ4v) is 3.08. The van der Waals surface area contributed by atoms with Crippen molar-refractivity contribution in [3.05, 3.63) is 89.5 Å². The van der Waals surface area contributed by atoms with Crippen LogP contribution in [0.15, 0.2) is 72.8 Å². The summed E-state index contributed by atoms with van der Waals surface area (Å²) >= 11 is 0. The number of rotatable bonds is 9. The maximum atomic E-state index is 12.9. The number of carbonyl (C=O) groups excluding carboxylic acids is 1. The van der Waals surface area contributed by atoms with Crippen LogP contribution in [0.4, 0.5) is 26.3 Å². The Hall–Kier alpha value is -3.89. The first-order valence-electron chi connectivity index (χ1n) is 10.4. The number of hydrogen-bond acceptors (Lipinski definition) is 5. The van der Waals surface area contributed by atoms with Crippen LogP contribution in [-0.2, 0) is 17.1 Å². The topological polar surface area (TPSA) is 67.8 Å². The van der Waals surface area contributed by atoms with Crippen LogP contribution in [-0.4, -0.2) is 18.7 Å². The van der Waals surface area contributed by atoms with Crippen LogP contribution in [0, 0.1) is 0 Å². The Morgan fingerprint density at radius 1 is 0.778 bits per heavy atom. The van der Waals surface area contributed by atoms with E-state index in [0.29, 0.717) is 11.8 Å². The highest BCUT2D eigenvalue weighted by molar-refractivity contribution is 5.72. The van der Waals surface area contributed by atoms with E-state index >= 15 is 0 Å². The molecule has 0 aromatic heterocycles. The molecule has 11 heteroatoms. The molecule has 0 bridgehead atoms. The molecule has 192 valence electrons. The summed E-state index contributed by atoms with van der Waals surface area (Å²) in [7, 11) is 0. The molecule has 0 spiro atoms. The maximum absolute atomic E-state index is 12.9. The van der Waals surface area contributed by atoms with Crippen LogP contribution in [0.5, 0.6) is 17.2 Å². The number of carboxylic acids is 1. The van der Waals surface area contributed by atoms with Crippen molar-refractivity contribution in [1.82, 2.24) is 0 Å². The van der Waals surface area contributed by atoms with Crippen LogP contribution < -0.4 is 19.3 Å². The van der Waals surface area contributed by atoms with Crippen molar-refractivity contribution in [3.63, 3.8) is 0 Å². The minimum atomic E-state index is -4.62. The van der Waals surface area contributed by atoms with Gasteiger partial charge in [0.25, 0.3) is 0 Å². The molecular formula is C25H19F6O5-. The van der Waals surface area contributed by atoms with Crippen molar-refractivity contribution >= 4 is 5.97 Å². The molecule has 2 unspecified atom stereocenters. The highest BCUT2D eigenvalue weighted by atomic mass is 19.4. The van der Waals surface area contributed by atoms with E-state index in [1.807, 2.05) is 0 Å². The minimum Gasteiger partial charge on any atom is -0.546 e. The number of alkyl halides is 6. The third-order valence-corrected chi connectivity index (χ3v) is 4.82. The first-order valence-corrected chi connectivity index (χ1v) is 10.4. The molecule has 3 aromatic carbocycles. The number of carbonyl (C=O) groups is 1. The van der Waals surface area contributed by atoms with Gasteiger partial charge in [0.05, 0.1) is 17.1 Å². The molecule has 3 aromatic rings. The second-order valence-corrected chi connectivity index (χ2v) is 7.67. The van der Waals surface area contributed by atoms with Crippen LogP contribution in [0.3, 0.4) is 0 Å². The van der Waals surface area contributed by atoms with E-state index < -0.39 is 41.7 Å². The van der Waals surface area contributed by atoms with Crippen LogP contribution >= 0.6 is 0 Å². The van der Waals surface area contributed by atoms with Gasteiger partial charge in [-0.25, -0.2) is 0 Å². The third-order valence-electron chi connectivity index (χ3n) is 4.82. The molecule has 0 fully saturated rings. The Labute approximate surface area is 201 Å². The monoisotopic (exact) mass is 513 g/mol. The lowest BCUT2D eigenvalue weighted by atomic mass is 10.1. The first kappa shape index (κ1) is 26.7. The van der Waals surface area contributed by atoms with Crippen molar-refractivity contribution in [2.75, 3.05) is 6.61 Å². The van der Waals surface area contributed by atoms with Crippen LogP contribution in [0.2, 0.25) is 0 Å². The second-order valence-electron chi connectivity index (χ2n) is 7.67. The first-order chi connectivity index (χ1) is 16.8. The Morgan fingerprint density at radius 3 is 1.92 bits per heavy atom. The van der Waals surface area contributed by atoms with Gasteiger partial charge >= 0.3 is 12.4 Å². The maximum Gasteiger partial charge on any atom is 0.416 e. The van der Waals surface area contributed by atoms with E-state index in [9.17, 15) is 36.2 Å². The molecule has 0 amide bonds. The van der Waals surface area contributed by atoms with E-state index in [1.165, 1.54) is 42.5 Å². The number of halogens is 6. The molecule has 0 saturated heterocycles. The van der Waals surface area contributed by atoms with Crippen molar-refractivity contribution < 1.29 is 50.5 Å². The molecular weight excluding hydrogens is 494 g/mol. The predicted octanol–water partition coefficient (Wildman–Crippen LogP) is 5.44. The average molecular weight is 513 g/mol. The molecule has 0 aliphatic carbocycles. The molecule has 0 heterocycles. The Balaban J connectivity index is 1.59. The third kappa shape index (κ3) is 7.30. The van der Waals surface area contributed by atoms with Gasteiger partial charge in [0, 0.05) is 0 Å². The van der Waals surface area contributed by atoms with E-state index in [-0.39, 0.29) is 23.7 Å². The van der Waals surface area contributed by atoms with Crippen LogP contribution in [0.25, 0.3) is 0 Å². The lowest BCUT2D eigenvalue weighted by Gasteiger charge is -2.21. The molecule has 2 atom stereocenters. The van der Waals surface area contributed by atoms with E-state index in [1.54, 1.807) is 6.92 Å². The van der Waals surface area contributed by atoms with Crippen molar-refractivity contribution in [2.24, 2.45) is 0 Å². The molecule has 36 heavy (non-hydrogen) atoms. The average Bonchev–Trinajstić information content (AvgIpc) is 2.81. The largest absolute Gasteiger partial charge is 0.546 e. The highest BCUT2D eigenvalue weighted by Gasteiger charge is 2.31. The smallest absolute Gasteiger partial charge is 0.416 e. The SMILES string of the molecule is CC(COc1ccc(C(Oc2cccc(C(F)(F)F)c2)C(=O)[O-])cc1)Oc1ccc(C(F)(F)F)cc1. The molecule has 0 N–H and O–H groups in total. The predicted molar refractivity (Wildman–Crippen MR) is 113 cm³/mol. The molecule has 5 nitrogen and oxygen atoms in total. The van der Waals surface area contributed by atoms with E-state index in [4.69, 9.17) is 14.2 Å². The van der Waals surface area contributed by atoms with Crippen molar-refractivity contribution in [2.45, 2.75) is 31.5 Å². The zero-order valence-corrected chi connectivity index (χ0v) is 18.6. The fourth-order valence-electron chi connectivity index (χ4n) is 3.08. The summed E-state index contributed by atoms with van der Waals surface area (Å²) in [5.41, 5.74) is -1.69. The number of ether oxygens (including phenoxy) is 3. The summed E-state index contributed by atoms with van der Waals surface area (Å²) in [4.78, 5) is 11.6. The zero-order valence-electron chi connectivity index (χ0n) is 18.6. The second kappa shape index (κ2) is 10.8. The molecule has 0 radical (unpaired) electrons. The van der Waals surface area contributed by atoms with Crippen molar-refractivity contribution in [3.8, 4) is 17.2 Å². The van der Waals surface area contributed by atoms with Gasteiger partial charge in [-0.05, 0) is 67.1 Å². The number of aliphatic carboxylic acids is 1. The van der Waals surface area contributed by atoms with Gasteiger partial charge < -0.3 is 24.1 Å². The summed E-state index contributed by atoms with van der Waals surface area (Å²) < 4.78 is 92.9. The fraction of sp³-hybridized carbons (Fsp3) is 0.240. The number of carboxylic acid groups (broad SMARTS) is 1. The molecule has 3 rings (SSSR count). The molecule has 0 aliphatic rings. The van der Waals surface area contributed by atoms with Crippen molar-refractivity contribution in [1.29, 1.82) is 0 Å². The summed E-state index contributed by atoms with van der Waals surface area (Å²) in [6, 6.07) is 13.5. The number of hydrogen-bond donors (Lipinski definition) is 0. The molecule has 0 saturated carbocycles. The summed E-state index contributed by atoms with van der Waals surface area (Å²) in [5.74, 6) is -1.41. The normalized spacial score (nSPS) is 13.5. The van der Waals surface area contributed by atoms with Gasteiger partial charge in [0.2, 0.25) is 0 Å². The summed E-state index contributed by atoms with van der Waals surface area (Å²) in [6.07, 6.45) is -11.3. The highest BCUT2D eigenvalue weighted by Crippen LogP contribution is 2.33. The Bertz CT molecular complexity index is 1160. The summed E-state index contributed by atoms with van der Waals surface area (Å²) in [6.45, 7) is 1.66. The Kier molecular flexibility index (Phi) is 8.01. The van der Waals surface area contributed by atoms with E-state index in [0.717, 1.165) is 24.3 Å². The van der Waals surface area contributed by atoms with Gasteiger partial charge in [-0.15, -0.1) is 0 Å². The van der Waals surface area contributed by atoms with Crippen LogP contribution in [0.1, 0.15) is 29.7 Å². The summed E-state index contributed by atoms with van der Waals surface area (Å²) in [5, 5.41) is 11.6. The van der Waals surface area contributed by atoms with Gasteiger partial charge in [-0.1, -0.05) is 18.2 Å². The van der Waals surface area contributed by atoms with Gasteiger partial charge in [-0.2, -0.15) is 26.3 Å². The Morgan fingerprint density at radius 2 is 1.36 bits per heavy atom. The van der Waals surface area contributed by atoms with Gasteiger partial charge in [-0.3, -0.25) is 0 Å².